The minimum atomic E-state index is 0.841. The molecular weight excluding hydrogens is 583 g/mol. The van der Waals surface area contributed by atoms with Crippen molar-refractivity contribution in [1.29, 1.82) is 0 Å². The number of nitrogens with zero attached hydrogens (tertiary/aromatic N) is 1. The minimum Gasteiger partial charge on any atom is -0.456 e. The maximum atomic E-state index is 6.99. The average molecular weight is 608 g/mol. The Balaban J connectivity index is 1.38. The molecule has 10 rings (SSSR count). The first-order chi connectivity index (χ1) is 22.8. The summed E-state index contributed by atoms with van der Waals surface area (Å²) < 4.78 is 15.9. The summed E-state index contributed by atoms with van der Waals surface area (Å²) in [6, 6.07) is 53.4. The second-order valence-corrected chi connectivity index (χ2v) is 12.7. The third-order valence-electron chi connectivity index (χ3n) is 9.06. The molecular formula is C42H25NO2S. The highest BCUT2D eigenvalue weighted by Gasteiger charge is 2.26. The van der Waals surface area contributed by atoms with Crippen molar-refractivity contribution < 1.29 is 8.83 Å². The number of anilines is 3. The maximum Gasteiger partial charge on any atom is 0.160 e. The lowest BCUT2D eigenvalue weighted by molar-refractivity contribution is 0.663. The highest BCUT2D eigenvalue weighted by molar-refractivity contribution is 7.26. The van der Waals surface area contributed by atoms with Gasteiger partial charge in [-0.15, -0.1) is 11.3 Å². The van der Waals surface area contributed by atoms with Crippen LogP contribution in [-0.2, 0) is 0 Å². The molecule has 0 N–H and O–H groups in total. The van der Waals surface area contributed by atoms with Crippen LogP contribution in [0, 0.1) is 0 Å². The van der Waals surface area contributed by atoms with E-state index in [1.807, 2.05) is 35.6 Å². The molecule has 46 heavy (non-hydrogen) atoms. The van der Waals surface area contributed by atoms with Gasteiger partial charge in [0, 0.05) is 64.2 Å². The Kier molecular flexibility index (Phi) is 5.45. The van der Waals surface area contributed by atoms with Gasteiger partial charge in [-0.05, 0) is 54.6 Å². The molecule has 0 radical (unpaired) electrons. The summed E-state index contributed by atoms with van der Waals surface area (Å²) in [7, 11) is 0. The summed E-state index contributed by atoms with van der Waals surface area (Å²) in [5, 5.41) is 6.87. The molecule has 0 unspecified atom stereocenters. The summed E-state index contributed by atoms with van der Waals surface area (Å²) in [4.78, 5) is 2.34. The Labute approximate surface area is 268 Å². The highest BCUT2D eigenvalue weighted by Crippen LogP contribution is 2.51. The number of furan rings is 2. The van der Waals surface area contributed by atoms with Gasteiger partial charge < -0.3 is 13.7 Å². The Hall–Kier alpha value is -5.84. The maximum absolute atomic E-state index is 6.99. The zero-order valence-corrected chi connectivity index (χ0v) is 25.4. The SMILES string of the molecule is c1ccc(N(c2ccccc2)c2c(-c3cccc4c3sc3ccccc34)ccc3c2oc2ccc4oc5ccccc5c4c23)cc1. The fourth-order valence-electron chi connectivity index (χ4n) is 7.09. The summed E-state index contributed by atoms with van der Waals surface area (Å²) >= 11 is 1.85. The number of hydrogen-bond acceptors (Lipinski definition) is 4. The third-order valence-corrected chi connectivity index (χ3v) is 10.3. The predicted molar refractivity (Wildman–Crippen MR) is 194 cm³/mol. The van der Waals surface area contributed by atoms with Crippen molar-refractivity contribution in [1.82, 2.24) is 0 Å². The molecule has 10 aromatic rings. The van der Waals surface area contributed by atoms with Crippen LogP contribution < -0.4 is 4.90 Å². The fraction of sp³-hybridized carbons (Fsp3) is 0. The zero-order chi connectivity index (χ0) is 30.2. The molecule has 0 aliphatic carbocycles. The number of benzene rings is 7. The van der Waals surface area contributed by atoms with Crippen molar-refractivity contribution in [2.75, 3.05) is 4.90 Å². The summed E-state index contributed by atoms with van der Waals surface area (Å²) in [6.07, 6.45) is 0. The number of rotatable bonds is 4. The molecule has 7 aromatic carbocycles. The number of para-hydroxylation sites is 3. The Morgan fingerprint density at radius 3 is 1.83 bits per heavy atom. The molecule has 0 aliphatic rings. The minimum absolute atomic E-state index is 0.841. The van der Waals surface area contributed by atoms with Crippen LogP contribution in [0.3, 0.4) is 0 Å². The van der Waals surface area contributed by atoms with Gasteiger partial charge in [-0.2, -0.15) is 0 Å². The molecule has 0 bridgehead atoms. The van der Waals surface area contributed by atoms with Gasteiger partial charge in [0.25, 0.3) is 0 Å². The third kappa shape index (κ3) is 3.65. The lowest BCUT2D eigenvalue weighted by atomic mass is 9.97. The lowest BCUT2D eigenvalue weighted by Crippen LogP contribution is -2.11. The molecule has 3 nitrogen and oxygen atoms in total. The van der Waals surface area contributed by atoms with Gasteiger partial charge in [0.2, 0.25) is 0 Å². The van der Waals surface area contributed by atoms with Crippen LogP contribution in [0.4, 0.5) is 17.1 Å². The van der Waals surface area contributed by atoms with E-state index in [1.54, 1.807) is 0 Å². The average Bonchev–Trinajstić information content (AvgIpc) is 3.80. The lowest BCUT2D eigenvalue weighted by Gasteiger charge is -2.28. The number of hydrogen-bond donors (Lipinski definition) is 0. The van der Waals surface area contributed by atoms with Gasteiger partial charge in [0.1, 0.15) is 16.7 Å². The molecule has 0 atom stereocenters. The molecule has 0 spiro atoms. The summed E-state index contributed by atoms with van der Waals surface area (Å²) in [6.45, 7) is 0. The van der Waals surface area contributed by atoms with Crippen molar-refractivity contribution in [2.24, 2.45) is 0 Å². The second kappa shape index (κ2) is 9.83. The van der Waals surface area contributed by atoms with E-state index in [1.165, 1.54) is 25.7 Å². The first kappa shape index (κ1) is 25.5. The van der Waals surface area contributed by atoms with E-state index in [9.17, 15) is 0 Å². The molecule has 3 aromatic heterocycles. The quantitative estimate of drug-likeness (QED) is 0.199. The van der Waals surface area contributed by atoms with E-state index >= 15 is 0 Å². The van der Waals surface area contributed by atoms with Crippen molar-refractivity contribution in [3.8, 4) is 11.1 Å². The first-order valence-corrected chi connectivity index (χ1v) is 16.3. The summed E-state index contributed by atoms with van der Waals surface area (Å²) in [5.41, 5.74) is 8.86. The molecule has 0 aliphatic heterocycles. The van der Waals surface area contributed by atoms with Crippen LogP contribution in [0.15, 0.2) is 160 Å². The van der Waals surface area contributed by atoms with E-state index in [2.05, 4.69) is 132 Å². The van der Waals surface area contributed by atoms with Crippen molar-refractivity contribution in [2.45, 2.75) is 0 Å². The van der Waals surface area contributed by atoms with Crippen LogP contribution >= 0.6 is 11.3 Å². The van der Waals surface area contributed by atoms with Crippen molar-refractivity contribution in [3.05, 3.63) is 152 Å². The smallest absolute Gasteiger partial charge is 0.160 e. The molecule has 4 heteroatoms. The molecule has 3 heterocycles. The van der Waals surface area contributed by atoms with Gasteiger partial charge in [0.05, 0.1) is 5.69 Å². The van der Waals surface area contributed by atoms with Gasteiger partial charge in [-0.25, -0.2) is 0 Å². The standard InChI is InChI=1S/C42H25NO2S/c1-3-12-26(13-4-1)43(27-14-5-2-6-15-27)40-29(31-19-11-18-30-28-16-8-10-21-37(28)46-42(30)31)22-23-33-39-36(45-41(33)40)25-24-35-38(39)32-17-7-9-20-34(32)44-35/h1-25H. The normalized spacial score (nSPS) is 11.9. The van der Waals surface area contributed by atoms with Crippen LogP contribution in [0.1, 0.15) is 0 Å². The zero-order valence-electron chi connectivity index (χ0n) is 24.6. The molecule has 0 fully saturated rings. The van der Waals surface area contributed by atoms with E-state index in [0.29, 0.717) is 0 Å². The van der Waals surface area contributed by atoms with E-state index < -0.39 is 0 Å². The van der Waals surface area contributed by atoms with E-state index in [4.69, 9.17) is 8.83 Å². The Morgan fingerprint density at radius 1 is 0.413 bits per heavy atom. The van der Waals surface area contributed by atoms with Crippen LogP contribution in [0.25, 0.3) is 75.2 Å². The number of thiophene rings is 1. The summed E-state index contributed by atoms with van der Waals surface area (Å²) in [5.74, 6) is 0. The van der Waals surface area contributed by atoms with Gasteiger partial charge >= 0.3 is 0 Å². The molecule has 0 amide bonds. The van der Waals surface area contributed by atoms with Crippen LogP contribution in [0.5, 0.6) is 0 Å². The fourth-order valence-corrected chi connectivity index (χ4v) is 8.32. The van der Waals surface area contributed by atoms with Crippen LogP contribution in [-0.4, -0.2) is 0 Å². The van der Waals surface area contributed by atoms with Gasteiger partial charge in [-0.1, -0.05) is 97.1 Å². The van der Waals surface area contributed by atoms with Gasteiger partial charge in [0.15, 0.2) is 5.58 Å². The Bertz CT molecular complexity index is 2710. The topological polar surface area (TPSA) is 29.5 Å². The largest absolute Gasteiger partial charge is 0.456 e. The predicted octanol–water partition coefficient (Wildman–Crippen LogP) is 13.0. The van der Waals surface area contributed by atoms with Gasteiger partial charge in [-0.3, -0.25) is 0 Å². The van der Waals surface area contributed by atoms with E-state index in [0.717, 1.165) is 66.5 Å². The molecule has 0 saturated heterocycles. The molecule has 216 valence electrons. The second-order valence-electron chi connectivity index (χ2n) is 11.6. The molecule has 0 saturated carbocycles. The van der Waals surface area contributed by atoms with Crippen molar-refractivity contribution >= 4 is 92.4 Å². The van der Waals surface area contributed by atoms with Crippen molar-refractivity contribution in [3.63, 3.8) is 0 Å². The highest BCUT2D eigenvalue weighted by atomic mass is 32.1. The first-order valence-electron chi connectivity index (χ1n) is 15.4. The Morgan fingerprint density at radius 2 is 1.04 bits per heavy atom. The monoisotopic (exact) mass is 607 g/mol. The van der Waals surface area contributed by atoms with Crippen LogP contribution in [0.2, 0.25) is 0 Å². The van der Waals surface area contributed by atoms with E-state index in [-0.39, 0.29) is 0 Å². The number of fused-ring (bicyclic) bond motifs is 10.